The number of amides is 1. The van der Waals surface area contributed by atoms with E-state index in [1.54, 1.807) is 11.0 Å². The van der Waals surface area contributed by atoms with Crippen molar-refractivity contribution < 1.29 is 23.5 Å². The molecule has 4 aliphatic rings. The Morgan fingerprint density at radius 1 is 1.20 bits per heavy atom. The number of fused-ring (bicyclic) bond motifs is 1. The second-order valence-corrected chi connectivity index (χ2v) is 9.27. The summed E-state index contributed by atoms with van der Waals surface area (Å²) in [5.41, 5.74) is 1.65. The van der Waals surface area contributed by atoms with E-state index in [1.807, 2.05) is 0 Å². The fraction of sp³-hybridized carbons (Fsp3) is 0.667. The second-order valence-electron chi connectivity index (χ2n) is 9.27. The first-order valence-corrected chi connectivity index (χ1v) is 11.3. The molecule has 5 nitrogen and oxygen atoms in total. The molecule has 30 heavy (non-hydrogen) atoms. The zero-order valence-electron chi connectivity index (χ0n) is 17.8. The minimum Gasteiger partial charge on any atom is -0.493 e. The van der Waals surface area contributed by atoms with Crippen LogP contribution in [0.15, 0.2) is 12.1 Å². The van der Waals surface area contributed by atoms with Crippen molar-refractivity contribution in [1.29, 1.82) is 0 Å². The van der Waals surface area contributed by atoms with Crippen LogP contribution < -0.4 is 4.74 Å². The van der Waals surface area contributed by atoms with E-state index in [-0.39, 0.29) is 11.5 Å². The maximum Gasteiger partial charge on any atom is 0.292 e. The maximum absolute atomic E-state index is 14.8. The molecule has 5 rings (SSSR count). The lowest BCUT2D eigenvalue weighted by Crippen LogP contribution is -2.28. The summed E-state index contributed by atoms with van der Waals surface area (Å²) in [5, 5.41) is 0. The molecule has 1 aromatic carbocycles. The zero-order chi connectivity index (χ0) is 21.1. The van der Waals surface area contributed by atoms with E-state index < -0.39 is 5.82 Å². The Hall–Kier alpha value is -2.11. The Labute approximate surface area is 177 Å². The van der Waals surface area contributed by atoms with Crippen molar-refractivity contribution in [2.24, 2.45) is 11.3 Å². The van der Waals surface area contributed by atoms with Gasteiger partial charge >= 0.3 is 0 Å². The summed E-state index contributed by atoms with van der Waals surface area (Å²) >= 11 is 0. The number of methoxy groups -OCH3 is 1. The highest BCUT2D eigenvalue weighted by Gasteiger charge is 2.55. The summed E-state index contributed by atoms with van der Waals surface area (Å²) < 4.78 is 24.8. The summed E-state index contributed by atoms with van der Waals surface area (Å²) in [6.07, 6.45) is 10.8. The molecule has 6 heteroatoms. The monoisotopic (exact) mass is 417 g/mol. The molecule has 0 aromatic heterocycles. The number of halogens is 1. The Morgan fingerprint density at radius 2 is 1.93 bits per heavy atom. The third-order valence-electron chi connectivity index (χ3n) is 7.19. The van der Waals surface area contributed by atoms with Crippen molar-refractivity contribution in [1.82, 2.24) is 4.90 Å². The average Bonchev–Trinajstić information content (AvgIpc) is 3.68. The zero-order valence-corrected chi connectivity index (χ0v) is 17.8. The van der Waals surface area contributed by atoms with Gasteiger partial charge in [-0.05, 0) is 68.4 Å². The molecule has 2 atom stereocenters. The number of rotatable bonds is 6. The molecule has 0 bridgehead atoms. The normalized spacial score (nSPS) is 26.9. The summed E-state index contributed by atoms with van der Waals surface area (Å²) in [7, 11) is 1.31. The SMILES string of the molecule is COC=O.O=C(c1cc(C2CC2)c(OCC23CCCCC2C3)cc1F)N1CCCC1. The Balaban J connectivity index is 0.000000503. The first-order valence-electron chi connectivity index (χ1n) is 11.3. The van der Waals surface area contributed by atoms with E-state index in [0.29, 0.717) is 23.6 Å². The second kappa shape index (κ2) is 8.94. The fourth-order valence-electron chi connectivity index (χ4n) is 5.15. The molecule has 1 aromatic rings. The van der Waals surface area contributed by atoms with Crippen molar-refractivity contribution in [3.05, 3.63) is 29.1 Å². The molecular weight excluding hydrogens is 385 g/mol. The summed E-state index contributed by atoms with van der Waals surface area (Å²) in [6.45, 7) is 2.59. The summed E-state index contributed by atoms with van der Waals surface area (Å²) in [6, 6.07) is 3.29. The van der Waals surface area contributed by atoms with Gasteiger partial charge in [-0.25, -0.2) is 4.39 Å². The molecule has 2 unspecified atom stereocenters. The molecule has 164 valence electrons. The first kappa shape index (κ1) is 21.1. The number of benzene rings is 1. The highest BCUT2D eigenvalue weighted by molar-refractivity contribution is 5.95. The van der Waals surface area contributed by atoms with Gasteiger partial charge in [0.05, 0.1) is 19.3 Å². The smallest absolute Gasteiger partial charge is 0.292 e. The van der Waals surface area contributed by atoms with Crippen molar-refractivity contribution in [3.63, 3.8) is 0 Å². The van der Waals surface area contributed by atoms with Crippen LogP contribution >= 0.6 is 0 Å². The van der Waals surface area contributed by atoms with Crippen LogP contribution in [-0.4, -0.2) is 44.1 Å². The van der Waals surface area contributed by atoms with Crippen molar-refractivity contribution >= 4 is 12.4 Å². The van der Waals surface area contributed by atoms with Gasteiger partial charge in [0.15, 0.2) is 0 Å². The van der Waals surface area contributed by atoms with Crippen LogP contribution in [0.5, 0.6) is 5.75 Å². The molecule has 1 heterocycles. The first-order chi connectivity index (χ1) is 14.6. The molecule has 4 fully saturated rings. The lowest BCUT2D eigenvalue weighted by atomic mass is 9.89. The molecule has 1 amide bonds. The molecule has 0 N–H and O–H groups in total. The molecule has 3 aliphatic carbocycles. The van der Waals surface area contributed by atoms with E-state index in [4.69, 9.17) is 9.53 Å². The van der Waals surface area contributed by atoms with Crippen LogP contribution in [0.2, 0.25) is 0 Å². The number of carbonyl (C=O) groups is 2. The minimum absolute atomic E-state index is 0.151. The molecule has 0 spiro atoms. The lowest BCUT2D eigenvalue weighted by Gasteiger charge is -2.23. The van der Waals surface area contributed by atoms with Gasteiger partial charge < -0.3 is 14.4 Å². The molecular formula is C24H32FNO4. The number of ether oxygens (including phenoxy) is 2. The lowest BCUT2D eigenvalue weighted by molar-refractivity contribution is -0.126. The van der Waals surface area contributed by atoms with Crippen molar-refractivity contribution in [2.45, 2.75) is 63.7 Å². The predicted molar refractivity (Wildman–Crippen MR) is 111 cm³/mol. The van der Waals surface area contributed by atoms with Gasteiger partial charge in [0, 0.05) is 24.6 Å². The summed E-state index contributed by atoms with van der Waals surface area (Å²) in [4.78, 5) is 23.4. The van der Waals surface area contributed by atoms with Crippen LogP contribution in [0.4, 0.5) is 4.39 Å². The highest BCUT2D eigenvalue weighted by Crippen LogP contribution is 2.61. The van der Waals surface area contributed by atoms with Crippen LogP contribution in [0.1, 0.15) is 79.6 Å². The van der Waals surface area contributed by atoms with E-state index >= 15 is 0 Å². The number of carbonyl (C=O) groups excluding carboxylic acids is 2. The average molecular weight is 418 g/mol. The Morgan fingerprint density at radius 3 is 2.57 bits per heavy atom. The van der Waals surface area contributed by atoms with E-state index in [0.717, 1.165) is 56.9 Å². The highest BCUT2D eigenvalue weighted by atomic mass is 19.1. The fourth-order valence-corrected chi connectivity index (χ4v) is 5.15. The van der Waals surface area contributed by atoms with Gasteiger partial charge in [0.25, 0.3) is 12.4 Å². The van der Waals surface area contributed by atoms with Crippen LogP contribution in [0.25, 0.3) is 0 Å². The van der Waals surface area contributed by atoms with Gasteiger partial charge in [-0.15, -0.1) is 0 Å². The maximum atomic E-state index is 14.8. The third kappa shape index (κ3) is 4.47. The largest absolute Gasteiger partial charge is 0.493 e. The Bertz CT molecular complexity index is 788. The van der Waals surface area contributed by atoms with Crippen LogP contribution in [-0.2, 0) is 9.53 Å². The third-order valence-corrected chi connectivity index (χ3v) is 7.19. The Kier molecular flexibility index (Phi) is 6.30. The van der Waals surface area contributed by atoms with E-state index in [1.165, 1.54) is 45.3 Å². The van der Waals surface area contributed by atoms with Gasteiger partial charge in [0.2, 0.25) is 0 Å². The number of hydrogen-bond donors (Lipinski definition) is 0. The van der Waals surface area contributed by atoms with E-state index in [2.05, 4.69) is 4.74 Å². The van der Waals surface area contributed by atoms with Gasteiger partial charge in [-0.3, -0.25) is 9.59 Å². The van der Waals surface area contributed by atoms with Gasteiger partial charge in [0.1, 0.15) is 11.6 Å². The van der Waals surface area contributed by atoms with Crippen molar-refractivity contribution in [2.75, 3.05) is 26.8 Å². The molecule has 3 saturated carbocycles. The number of likely N-dealkylation sites (tertiary alicyclic amines) is 1. The topological polar surface area (TPSA) is 55.8 Å². The van der Waals surface area contributed by atoms with Gasteiger partial charge in [-0.2, -0.15) is 0 Å². The molecule has 0 radical (unpaired) electrons. The predicted octanol–water partition coefficient (Wildman–Crippen LogP) is 4.69. The van der Waals surface area contributed by atoms with Crippen LogP contribution in [0, 0.1) is 17.2 Å². The molecule has 1 saturated heterocycles. The number of hydrogen-bond acceptors (Lipinski definition) is 4. The minimum atomic E-state index is -0.421. The van der Waals surface area contributed by atoms with Crippen molar-refractivity contribution in [3.8, 4) is 5.75 Å². The quantitative estimate of drug-likeness (QED) is 0.630. The van der Waals surface area contributed by atoms with E-state index in [9.17, 15) is 9.18 Å². The molecule has 1 aliphatic heterocycles. The standard InChI is InChI=1S/C22H28FNO2.C2H4O2/c23-19-12-20(26-14-22-8-2-1-5-16(22)13-22)17(15-6-7-15)11-18(19)21(25)24-9-3-4-10-24;1-4-2-3/h11-12,15-16H,1-10,13-14H2;2H,1H3. The number of nitrogens with zero attached hydrogens (tertiary/aromatic N) is 1. The summed E-state index contributed by atoms with van der Waals surface area (Å²) in [5.74, 6) is 1.38. The van der Waals surface area contributed by atoms with Crippen LogP contribution in [0.3, 0.4) is 0 Å². The van der Waals surface area contributed by atoms with Gasteiger partial charge in [-0.1, -0.05) is 12.8 Å².